The second-order valence-corrected chi connectivity index (χ2v) is 9.29. The van der Waals surface area contributed by atoms with E-state index in [1.807, 2.05) is 35.9 Å². The summed E-state index contributed by atoms with van der Waals surface area (Å²) < 4.78 is 27.6. The van der Waals surface area contributed by atoms with Crippen LogP contribution in [0.4, 0.5) is 5.69 Å². The zero-order chi connectivity index (χ0) is 21.3. The van der Waals surface area contributed by atoms with E-state index in [0.717, 1.165) is 48.0 Å². The van der Waals surface area contributed by atoms with Crippen LogP contribution in [-0.4, -0.2) is 30.4 Å². The number of sulfonamides is 1. The highest BCUT2D eigenvalue weighted by atomic mass is 32.2. The number of carbonyl (C=O) groups excluding carboxylic acids is 1. The maximum atomic E-state index is 13.0. The van der Waals surface area contributed by atoms with E-state index in [4.69, 9.17) is 0 Å². The van der Waals surface area contributed by atoms with Gasteiger partial charge >= 0.3 is 0 Å². The molecular weight excluding hydrogens is 400 g/mol. The Kier molecular flexibility index (Phi) is 5.34. The van der Waals surface area contributed by atoms with Crippen LogP contribution in [0, 0.1) is 6.92 Å². The Bertz CT molecular complexity index is 1210. The lowest BCUT2D eigenvalue weighted by Gasteiger charge is -2.11. The standard InChI is InChI=1S/C22H24N4O3S/c1-15-8-3-6-12-19(15)26-20-13-7-10-17(20)21(24-26)22(27)23-14-16-9-4-5-11-18(16)25-30(2,28)29/h3-6,8-9,11-12,25H,7,10,13-14H2,1-2H3,(H,23,27). The molecule has 7 nitrogen and oxygen atoms in total. The van der Waals surface area contributed by atoms with E-state index in [1.165, 1.54) is 0 Å². The smallest absolute Gasteiger partial charge is 0.272 e. The van der Waals surface area contributed by atoms with Crippen molar-refractivity contribution in [2.75, 3.05) is 11.0 Å². The van der Waals surface area contributed by atoms with Gasteiger partial charge in [0.1, 0.15) is 0 Å². The van der Waals surface area contributed by atoms with Crippen molar-refractivity contribution in [3.63, 3.8) is 0 Å². The van der Waals surface area contributed by atoms with Crippen LogP contribution in [-0.2, 0) is 29.4 Å². The Morgan fingerprint density at radius 1 is 1.10 bits per heavy atom. The number of carbonyl (C=O) groups is 1. The second kappa shape index (κ2) is 7.95. The molecule has 30 heavy (non-hydrogen) atoms. The monoisotopic (exact) mass is 424 g/mol. The van der Waals surface area contributed by atoms with Crippen molar-refractivity contribution in [1.82, 2.24) is 15.1 Å². The van der Waals surface area contributed by atoms with Crippen LogP contribution in [0.25, 0.3) is 5.69 Å². The van der Waals surface area contributed by atoms with Gasteiger partial charge in [-0.3, -0.25) is 9.52 Å². The molecule has 0 atom stereocenters. The van der Waals surface area contributed by atoms with Crippen molar-refractivity contribution in [1.29, 1.82) is 0 Å². The minimum Gasteiger partial charge on any atom is -0.346 e. The summed E-state index contributed by atoms with van der Waals surface area (Å²) >= 11 is 0. The van der Waals surface area contributed by atoms with E-state index in [9.17, 15) is 13.2 Å². The Morgan fingerprint density at radius 2 is 1.83 bits per heavy atom. The van der Waals surface area contributed by atoms with E-state index in [2.05, 4.69) is 15.1 Å². The number of aromatic nitrogens is 2. The third kappa shape index (κ3) is 4.09. The van der Waals surface area contributed by atoms with Gasteiger partial charge in [-0.2, -0.15) is 5.10 Å². The van der Waals surface area contributed by atoms with Crippen molar-refractivity contribution >= 4 is 21.6 Å². The number of benzene rings is 2. The molecule has 1 aromatic heterocycles. The molecule has 8 heteroatoms. The van der Waals surface area contributed by atoms with Crippen molar-refractivity contribution in [2.24, 2.45) is 0 Å². The van der Waals surface area contributed by atoms with Crippen LogP contribution in [0.5, 0.6) is 0 Å². The highest BCUT2D eigenvalue weighted by Gasteiger charge is 2.27. The molecular formula is C22H24N4O3S. The zero-order valence-electron chi connectivity index (χ0n) is 17.0. The molecule has 2 N–H and O–H groups in total. The first-order valence-electron chi connectivity index (χ1n) is 9.84. The van der Waals surface area contributed by atoms with Gasteiger partial charge in [-0.1, -0.05) is 36.4 Å². The number of aryl methyl sites for hydroxylation is 1. The van der Waals surface area contributed by atoms with E-state index < -0.39 is 10.0 Å². The summed E-state index contributed by atoms with van der Waals surface area (Å²) in [6, 6.07) is 15.0. The van der Waals surface area contributed by atoms with Crippen molar-refractivity contribution in [3.05, 3.63) is 76.6 Å². The Hall–Kier alpha value is -3.13. The minimum atomic E-state index is -3.41. The summed E-state index contributed by atoms with van der Waals surface area (Å²) in [5.74, 6) is -0.255. The van der Waals surface area contributed by atoms with Gasteiger partial charge in [0.15, 0.2) is 5.69 Å². The molecule has 0 spiro atoms. The molecule has 1 aliphatic rings. The minimum absolute atomic E-state index is 0.198. The first kappa shape index (κ1) is 20.2. The first-order valence-corrected chi connectivity index (χ1v) is 11.7. The molecule has 1 heterocycles. The van der Waals surface area contributed by atoms with E-state index in [0.29, 0.717) is 16.9 Å². The quantitative estimate of drug-likeness (QED) is 0.636. The van der Waals surface area contributed by atoms with Gasteiger partial charge in [0.05, 0.1) is 17.6 Å². The van der Waals surface area contributed by atoms with Crippen molar-refractivity contribution < 1.29 is 13.2 Å². The van der Waals surface area contributed by atoms with Crippen LogP contribution in [0.3, 0.4) is 0 Å². The van der Waals surface area contributed by atoms with Gasteiger partial charge in [-0.25, -0.2) is 13.1 Å². The van der Waals surface area contributed by atoms with E-state index >= 15 is 0 Å². The number of hydrogen-bond acceptors (Lipinski definition) is 4. The molecule has 1 amide bonds. The number of rotatable bonds is 6. The molecule has 0 bridgehead atoms. The highest BCUT2D eigenvalue weighted by molar-refractivity contribution is 7.92. The van der Waals surface area contributed by atoms with Crippen LogP contribution >= 0.6 is 0 Å². The SMILES string of the molecule is Cc1ccccc1-n1nc(C(=O)NCc2ccccc2NS(C)(=O)=O)c2c1CCC2. The average Bonchev–Trinajstić information content (AvgIpc) is 3.29. The van der Waals surface area contributed by atoms with Crippen LogP contribution < -0.4 is 10.0 Å². The molecule has 0 saturated carbocycles. The Balaban J connectivity index is 1.59. The fourth-order valence-electron chi connectivity index (χ4n) is 3.85. The topological polar surface area (TPSA) is 93.1 Å². The molecule has 0 radical (unpaired) electrons. The summed E-state index contributed by atoms with van der Waals surface area (Å²) in [7, 11) is -3.41. The average molecular weight is 425 g/mol. The number of para-hydroxylation sites is 2. The number of hydrogen-bond donors (Lipinski definition) is 2. The fraction of sp³-hybridized carbons (Fsp3) is 0.273. The number of fused-ring (bicyclic) bond motifs is 1. The van der Waals surface area contributed by atoms with Gasteiger partial charge in [-0.05, 0) is 49.4 Å². The molecule has 1 aliphatic carbocycles. The third-order valence-corrected chi connectivity index (χ3v) is 5.83. The zero-order valence-corrected chi connectivity index (χ0v) is 17.8. The summed E-state index contributed by atoms with van der Waals surface area (Å²) in [4.78, 5) is 13.0. The summed E-state index contributed by atoms with van der Waals surface area (Å²) in [6.45, 7) is 2.23. The Morgan fingerprint density at radius 3 is 2.60 bits per heavy atom. The molecule has 0 saturated heterocycles. The van der Waals surface area contributed by atoms with Crippen LogP contribution in [0.1, 0.15) is 39.3 Å². The molecule has 4 rings (SSSR count). The predicted octanol–water partition coefficient (Wildman–Crippen LogP) is 2.97. The van der Waals surface area contributed by atoms with E-state index in [1.54, 1.807) is 24.3 Å². The van der Waals surface area contributed by atoms with Crippen LogP contribution in [0.2, 0.25) is 0 Å². The molecule has 156 valence electrons. The second-order valence-electron chi connectivity index (χ2n) is 7.54. The van der Waals surface area contributed by atoms with Crippen molar-refractivity contribution in [2.45, 2.75) is 32.7 Å². The van der Waals surface area contributed by atoms with Crippen LogP contribution in [0.15, 0.2) is 48.5 Å². The highest BCUT2D eigenvalue weighted by Crippen LogP contribution is 2.29. The molecule has 2 aromatic carbocycles. The van der Waals surface area contributed by atoms with Gasteiger partial charge in [0.2, 0.25) is 10.0 Å². The normalized spacial score (nSPS) is 13.1. The third-order valence-electron chi connectivity index (χ3n) is 5.24. The maximum Gasteiger partial charge on any atom is 0.272 e. The van der Waals surface area contributed by atoms with Crippen molar-refractivity contribution in [3.8, 4) is 5.69 Å². The first-order chi connectivity index (χ1) is 14.3. The maximum absolute atomic E-state index is 13.0. The van der Waals surface area contributed by atoms with Gasteiger partial charge in [0, 0.05) is 17.8 Å². The fourth-order valence-corrected chi connectivity index (χ4v) is 4.45. The molecule has 0 aliphatic heterocycles. The molecule has 0 unspecified atom stereocenters. The molecule has 3 aromatic rings. The van der Waals surface area contributed by atoms with E-state index in [-0.39, 0.29) is 12.5 Å². The lowest BCUT2D eigenvalue weighted by atomic mass is 10.1. The summed E-state index contributed by atoms with van der Waals surface area (Å²) in [6.07, 6.45) is 3.82. The number of amides is 1. The van der Waals surface area contributed by atoms with Gasteiger partial charge in [-0.15, -0.1) is 0 Å². The van der Waals surface area contributed by atoms with Gasteiger partial charge in [0.25, 0.3) is 5.91 Å². The van der Waals surface area contributed by atoms with Gasteiger partial charge < -0.3 is 5.32 Å². The number of anilines is 1. The number of nitrogens with one attached hydrogen (secondary N) is 2. The Labute approximate surface area is 176 Å². The largest absolute Gasteiger partial charge is 0.346 e. The lowest BCUT2D eigenvalue weighted by Crippen LogP contribution is -2.25. The summed E-state index contributed by atoms with van der Waals surface area (Å²) in [5.41, 5.74) is 5.76. The molecule has 0 fully saturated rings. The predicted molar refractivity (Wildman–Crippen MR) is 116 cm³/mol. The summed E-state index contributed by atoms with van der Waals surface area (Å²) in [5, 5.41) is 7.55. The lowest BCUT2D eigenvalue weighted by molar-refractivity contribution is 0.0944. The number of nitrogens with zero attached hydrogens (tertiary/aromatic N) is 2.